The molecule has 0 amide bonds. The third-order valence-electron chi connectivity index (χ3n) is 3.75. The molecule has 0 heterocycles. The van der Waals surface area contributed by atoms with Gasteiger partial charge in [0.1, 0.15) is 5.75 Å². The van der Waals surface area contributed by atoms with Crippen molar-refractivity contribution >= 4 is 17.9 Å². The first kappa shape index (κ1) is 18.5. The molecule has 0 spiro atoms. The van der Waals surface area contributed by atoms with Crippen molar-refractivity contribution in [1.29, 1.82) is 0 Å². The molecule has 0 aromatic heterocycles. The molecule has 0 radical (unpaired) electrons. The van der Waals surface area contributed by atoms with Crippen molar-refractivity contribution < 1.29 is 23.9 Å². The highest BCUT2D eigenvalue weighted by molar-refractivity contribution is 6.37. The Kier molecular flexibility index (Phi) is 6.19. The predicted octanol–water partition coefficient (Wildman–Crippen LogP) is 2.97. The molecule has 2 aromatic rings. The molecule has 130 valence electrons. The van der Waals surface area contributed by atoms with E-state index < -0.39 is 17.2 Å². The fourth-order valence-electron chi connectivity index (χ4n) is 2.70. The van der Waals surface area contributed by atoms with Crippen LogP contribution in [0.3, 0.4) is 0 Å². The molecular weight excluding hydrogens is 320 g/mol. The van der Waals surface area contributed by atoms with Gasteiger partial charge in [0.05, 0.1) is 12.2 Å². The van der Waals surface area contributed by atoms with Crippen LogP contribution in [0, 0.1) is 0 Å². The zero-order valence-electron chi connectivity index (χ0n) is 14.2. The van der Waals surface area contributed by atoms with Crippen LogP contribution >= 0.6 is 0 Å². The molecule has 5 nitrogen and oxygen atoms in total. The summed E-state index contributed by atoms with van der Waals surface area (Å²) in [5.41, 5.74) is -1.52. The van der Waals surface area contributed by atoms with E-state index in [9.17, 15) is 14.4 Å². The molecule has 0 fully saturated rings. The normalized spacial score (nSPS) is 12.9. The molecule has 0 aliphatic heterocycles. The van der Waals surface area contributed by atoms with E-state index in [1.165, 1.54) is 0 Å². The Morgan fingerprint density at radius 1 is 0.960 bits per heavy atom. The van der Waals surface area contributed by atoms with Gasteiger partial charge in [0.25, 0.3) is 0 Å². The Hall–Kier alpha value is -2.79. The zero-order valence-corrected chi connectivity index (χ0v) is 14.2. The predicted molar refractivity (Wildman–Crippen MR) is 92.8 cm³/mol. The number of benzene rings is 2. The smallest absolute Gasteiger partial charge is 0.239 e. The van der Waals surface area contributed by atoms with E-state index in [1.807, 2.05) is 0 Å². The van der Waals surface area contributed by atoms with Crippen molar-refractivity contribution in [3.63, 3.8) is 0 Å². The second-order valence-corrected chi connectivity index (χ2v) is 5.22. The first-order valence-electron chi connectivity index (χ1n) is 8.07. The molecule has 2 rings (SSSR count). The highest BCUT2D eigenvalue weighted by atomic mass is 16.5. The average Bonchev–Trinajstić information content (AvgIpc) is 2.66. The average molecular weight is 340 g/mol. The summed E-state index contributed by atoms with van der Waals surface area (Å²) in [5, 5.41) is 0. The quantitative estimate of drug-likeness (QED) is 0.304. The molecule has 0 N–H and O–H groups in total. The minimum Gasteiger partial charge on any atom is -0.493 e. The Morgan fingerprint density at radius 3 is 2.20 bits per heavy atom. The van der Waals surface area contributed by atoms with Crippen molar-refractivity contribution in [2.75, 3.05) is 13.2 Å². The van der Waals surface area contributed by atoms with Crippen molar-refractivity contribution in [2.24, 2.45) is 0 Å². The van der Waals surface area contributed by atoms with Crippen LogP contribution in [0.2, 0.25) is 0 Å². The van der Waals surface area contributed by atoms with Gasteiger partial charge in [-0.25, -0.2) is 0 Å². The second kappa shape index (κ2) is 8.35. The summed E-state index contributed by atoms with van der Waals surface area (Å²) in [6.45, 7) is 3.90. The van der Waals surface area contributed by atoms with Gasteiger partial charge in [-0.2, -0.15) is 0 Å². The van der Waals surface area contributed by atoms with Crippen LogP contribution < -0.4 is 4.74 Å². The molecule has 1 atom stereocenters. The van der Waals surface area contributed by atoms with Crippen LogP contribution in [0.5, 0.6) is 5.75 Å². The molecule has 0 aliphatic carbocycles. The number of Topliss-reactive ketones (excluding diaryl/α,β-unsaturated/α-hetero) is 2. The van der Waals surface area contributed by atoms with Gasteiger partial charge in [0, 0.05) is 6.61 Å². The number of hydrogen-bond acceptors (Lipinski definition) is 5. The Morgan fingerprint density at radius 2 is 1.60 bits per heavy atom. The maximum atomic E-state index is 13.4. The van der Waals surface area contributed by atoms with E-state index in [2.05, 4.69) is 0 Å². The van der Waals surface area contributed by atoms with Crippen LogP contribution in [0.4, 0.5) is 0 Å². The molecule has 0 saturated carbocycles. The number of ether oxygens (including phenoxy) is 2. The maximum absolute atomic E-state index is 13.4. The van der Waals surface area contributed by atoms with Crippen LogP contribution in [-0.2, 0) is 19.9 Å². The lowest BCUT2D eigenvalue weighted by atomic mass is 9.82. The Balaban J connectivity index is 2.69. The summed E-state index contributed by atoms with van der Waals surface area (Å²) in [6.07, 6.45) is 0.129. The number of para-hydroxylation sites is 1. The van der Waals surface area contributed by atoms with Gasteiger partial charge >= 0.3 is 0 Å². The third-order valence-corrected chi connectivity index (χ3v) is 3.75. The van der Waals surface area contributed by atoms with Gasteiger partial charge in [-0.05, 0) is 31.5 Å². The van der Waals surface area contributed by atoms with E-state index in [1.54, 1.807) is 68.4 Å². The van der Waals surface area contributed by atoms with Gasteiger partial charge in [-0.3, -0.25) is 14.4 Å². The van der Waals surface area contributed by atoms with Gasteiger partial charge in [-0.1, -0.05) is 42.5 Å². The number of ketones is 2. The fourth-order valence-corrected chi connectivity index (χ4v) is 2.70. The number of rotatable bonds is 9. The highest BCUT2D eigenvalue weighted by Crippen LogP contribution is 2.34. The molecule has 0 aliphatic rings. The van der Waals surface area contributed by atoms with E-state index >= 15 is 0 Å². The number of aldehydes is 1. The molecule has 0 saturated heterocycles. The molecule has 5 heteroatoms. The van der Waals surface area contributed by atoms with Gasteiger partial charge in [0.15, 0.2) is 6.29 Å². The molecule has 2 aromatic carbocycles. The van der Waals surface area contributed by atoms with Crippen LogP contribution in [-0.4, -0.2) is 31.1 Å². The summed E-state index contributed by atoms with van der Waals surface area (Å²) >= 11 is 0. The Labute approximate surface area is 146 Å². The summed E-state index contributed by atoms with van der Waals surface area (Å²) in [7, 11) is 0. The maximum Gasteiger partial charge on any atom is 0.239 e. The first-order chi connectivity index (χ1) is 12.1. The van der Waals surface area contributed by atoms with Crippen LogP contribution in [0.25, 0.3) is 0 Å². The minimum absolute atomic E-state index is 0.0804. The highest BCUT2D eigenvalue weighted by Gasteiger charge is 2.49. The second-order valence-electron chi connectivity index (χ2n) is 5.22. The fraction of sp³-hybridized carbons (Fsp3) is 0.250. The van der Waals surface area contributed by atoms with E-state index in [0.717, 1.165) is 0 Å². The number of hydrogen-bond donors (Lipinski definition) is 0. The SMILES string of the molecule is CCOc1ccccc1C(=O)C(OCC)(C(=O)C=O)c1ccccc1. The third kappa shape index (κ3) is 3.51. The monoisotopic (exact) mass is 340 g/mol. The lowest BCUT2D eigenvalue weighted by Crippen LogP contribution is -2.47. The summed E-state index contributed by atoms with van der Waals surface area (Å²) in [5.74, 6) is -1.23. The lowest BCUT2D eigenvalue weighted by Gasteiger charge is -2.30. The minimum atomic E-state index is -2.02. The zero-order chi connectivity index (χ0) is 18.3. The van der Waals surface area contributed by atoms with Crippen molar-refractivity contribution in [3.05, 3.63) is 65.7 Å². The molecule has 0 bridgehead atoms. The molecule has 25 heavy (non-hydrogen) atoms. The van der Waals surface area contributed by atoms with Crippen LogP contribution in [0.15, 0.2) is 54.6 Å². The lowest BCUT2D eigenvalue weighted by molar-refractivity contribution is -0.144. The summed E-state index contributed by atoms with van der Waals surface area (Å²) in [6, 6.07) is 14.9. The van der Waals surface area contributed by atoms with Crippen molar-refractivity contribution in [1.82, 2.24) is 0 Å². The standard InChI is InChI=1S/C20H20O5/c1-3-24-17-13-9-8-12-16(17)19(23)20(25-4-2,18(22)14-21)15-10-6-5-7-11-15/h5-14H,3-4H2,1-2H3. The van der Waals surface area contributed by atoms with Crippen molar-refractivity contribution in [3.8, 4) is 5.75 Å². The largest absolute Gasteiger partial charge is 0.493 e. The van der Waals surface area contributed by atoms with Crippen molar-refractivity contribution in [2.45, 2.75) is 19.4 Å². The topological polar surface area (TPSA) is 69.7 Å². The van der Waals surface area contributed by atoms with Gasteiger partial charge < -0.3 is 9.47 Å². The van der Waals surface area contributed by atoms with Gasteiger partial charge in [0.2, 0.25) is 17.2 Å². The summed E-state index contributed by atoms with van der Waals surface area (Å²) in [4.78, 5) is 37.3. The molecule has 1 unspecified atom stereocenters. The number of carbonyl (C=O) groups excluding carboxylic acids is 3. The van der Waals surface area contributed by atoms with E-state index in [-0.39, 0.29) is 18.5 Å². The number of carbonyl (C=O) groups is 3. The summed E-state index contributed by atoms with van der Waals surface area (Å²) < 4.78 is 11.1. The van der Waals surface area contributed by atoms with E-state index in [0.29, 0.717) is 17.9 Å². The Bertz CT molecular complexity index is 754. The van der Waals surface area contributed by atoms with E-state index in [4.69, 9.17) is 9.47 Å². The van der Waals surface area contributed by atoms with Crippen LogP contribution in [0.1, 0.15) is 29.8 Å². The van der Waals surface area contributed by atoms with Gasteiger partial charge in [-0.15, -0.1) is 0 Å². The molecular formula is C20H20O5. The first-order valence-corrected chi connectivity index (χ1v) is 8.07.